The Morgan fingerprint density at radius 3 is 1.39 bits per heavy atom. The summed E-state index contributed by atoms with van der Waals surface area (Å²) in [6.45, 7) is 1.08. The molecule has 2 heterocycles. The lowest BCUT2D eigenvalue weighted by molar-refractivity contribution is -0.134. The number of aldehydes is 1. The molecule has 0 atom stereocenters. The van der Waals surface area contributed by atoms with E-state index in [1.165, 1.54) is 23.5 Å². The number of carboxylic acids is 1. The molecule has 0 unspecified atom stereocenters. The van der Waals surface area contributed by atoms with Crippen LogP contribution in [-0.4, -0.2) is 71.9 Å². The van der Waals surface area contributed by atoms with Gasteiger partial charge in [0, 0.05) is 6.92 Å². The van der Waals surface area contributed by atoms with E-state index in [0.29, 0.717) is 22.2 Å². The van der Waals surface area contributed by atoms with Gasteiger partial charge in [-0.15, -0.1) is 12.4 Å². The minimum atomic E-state index is -0.833. The van der Waals surface area contributed by atoms with E-state index in [2.05, 4.69) is 31.0 Å². The quantitative estimate of drug-likeness (QED) is 0.0744. The number of thioether (sulfide) groups is 2. The van der Waals surface area contributed by atoms with E-state index in [-0.39, 0.29) is 44.1 Å². The van der Waals surface area contributed by atoms with Crippen molar-refractivity contribution in [1.29, 1.82) is 0 Å². The van der Waals surface area contributed by atoms with E-state index in [4.69, 9.17) is 66.7 Å². The molecule has 0 aromatic carbocycles. The van der Waals surface area contributed by atoms with Crippen LogP contribution in [0.1, 0.15) is 22.8 Å². The third-order valence-corrected chi connectivity index (χ3v) is 4.58. The highest BCUT2D eigenvalue weighted by Gasteiger charge is 2.10. The molecule has 2 aromatic rings. The van der Waals surface area contributed by atoms with Crippen molar-refractivity contribution < 1.29 is 30.6 Å². The lowest BCUT2D eigenvalue weighted by Gasteiger charge is -2.00. The zero-order chi connectivity index (χ0) is 24.6. The van der Waals surface area contributed by atoms with Gasteiger partial charge in [-0.1, -0.05) is 75.1 Å². The number of oxime groups is 1. The van der Waals surface area contributed by atoms with E-state index in [1.54, 1.807) is 6.26 Å². The minimum Gasteiger partial charge on any atom is -0.481 e. The van der Waals surface area contributed by atoms with Crippen molar-refractivity contribution in [3.05, 3.63) is 31.7 Å². The number of aromatic nitrogens is 4. The van der Waals surface area contributed by atoms with E-state index in [1.807, 2.05) is 6.26 Å². The number of rotatable bonds is 4. The Hall–Kier alpha value is -1.20. The summed E-state index contributed by atoms with van der Waals surface area (Å²) in [5, 5.41) is 26.5. The van der Waals surface area contributed by atoms with Gasteiger partial charge in [0.15, 0.2) is 16.6 Å². The molecule has 188 valence electrons. The van der Waals surface area contributed by atoms with Crippen LogP contribution in [0, 0.1) is 0 Å². The smallest absolute Gasteiger partial charge is 0.300 e. The van der Waals surface area contributed by atoms with Gasteiger partial charge in [-0.05, 0) is 12.5 Å². The largest absolute Gasteiger partial charge is 0.481 e. The topological polar surface area (TPSA) is 216 Å². The number of carboxylic acid groups (broad SMARTS) is 1. The van der Waals surface area contributed by atoms with Gasteiger partial charge < -0.3 is 21.0 Å². The van der Waals surface area contributed by atoms with Gasteiger partial charge in [0.25, 0.3) is 5.97 Å². The molecule has 33 heavy (non-hydrogen) atoms. The zero-order valence-electron chi connectivity index (χ0n) is 16.9. The van der Waals surface area contributed by atoms with E-state index in [9.17, 15) is 4.79 Å². The molecule has 7 N–H and O–H groups in total. The van der Waals surface area contributed by atoms with Gasteiger partial charge in [0.05, 0.1) is 17.3 Å². The van der Waals surface area contributed by atoms with Crippen LogP contribution < -0.4 is 5.90 Å². The highest BCUT2D eigenvalue weighted by Crippen LogP contribution is 2.23. The van der Waals surface area contributed by atoms with Crippen molar-refractivity contribution in [2.75, 3.05) is 12.5 Å². The first kappa shape index (κ1) is 39.0. The molecule has 0 aliphatic carbocycles. The molecule has 0 saturated carbocycles. The van der Waals surface area contributed by atoms with Crippen molar-refractivity contribution in [1.82, 2.24) is 19.9 Å². The first-order valence-corrected chi connectivity index (χ1v) is 11.2. The maximum atomic E-state index is 10.4. The van der Waals surface area contributed by atoms with Gasteiger partial charge in [-0.2, -0.15) is 0 Å². The van der Waals surface area contributed by atoms with Crippen molar-refractivity contribution in [2.45, 2.75) is 17.2 Å². The van der Waals surface area contributed by atoms with Crippen LogP contribution >= 0.6 is 82.3 Å². The monoisotopic (exact) mass is 606 g/mol. The lowest BCUT2D eigenvalue weighted by Crippen LogP contribution is -1.95. The minimum absolute atomic E-state index is 0. The normalized spacial score (nSPS) is 8.88. The Labute approximate surface area is 223 Å². The summed E-state index contributed by atoms with van der Waals surface area (Å²) in [5.74, 6) is 2.67. The summed E-state index contributed by atoms with van der Waals surface area (Å²) < 4.78 is 0. The predicted molar refractivity (Wildman–Crippen MR) is 133 cm³/mol. The molecule has 0 amide bonds. The van der Waals surface area contributed by atoms with Crippen LogP contribution in [0.4, 0.5) is 0 Å². The molecule has 0 fully saturated rings. The van der Waals surface area contributed by atoms with Crippen LogP contribution in [0.5, 0.6) is 0 Å². The number of nitrogens with zero attached hydrogens (tertiary/aromatic N) is 5. The van der Waals surface area contributed by atoms with Gasteiger partial charge in [-0.25, -0.2) is 25.8 Å². The van der Waals surface area contributed by atoms with Gasteiger partial charge >= 0.3 is 0 Å². The maximum absolute atomic E-state index is 10.4. The Morgan fingerprint density at radius 2 is 1.18 bits per heavy atom. The molecule has 0 spiro atoms. The summed E-state index contributed by atoms with van der Waals surface area (Å²) >= 11 is 25.4. The number of aliphatic carboxylic acids is 1. The van der Waals surface area contributed by atoms with Crippen LogP contribution in [0.15, 0.2) is 15.5 Å². The molecule has 0 radical (unpaired) electrons. The highest BCUT2D eigenvalue weighted by atomic mass is 35.5. The van der Waals surface area contributed by atoms with Crippen molar-refractivity contribution in [2.24, 2.45) is 11.1 Å². The fourth-order valence-electron chi connectivity index (χ4n) is 1.24. The average molecular weight is 609 g/mol. The van der Waals surface area contributed by atoms with Crippen LogP contribution in [0.25, 0.3) is 0 Å². The molecule has 0 bridgehead atoms. The molecular formula is C14H19Cl5N6O6S2. The first-order valence-electron chi connectivity index (χ1n) is 7.23. The number of carbonyl (C=O) groups is 2. The molecule has 0 aliphatic heterocycles. The second-order valence-electron chi connectivity index (χ2n) is 4.29. The molecule has 19 heteroatoms. The number of hydrogen-bond acceptors (Lipinski definition) is 12. The summed E-state index contributed by atoms with van der Waals surface area (Å²) in [6.07, 6.45) is 5.23. The molecule has 0 aliphatic rings. The molecule has 2 aromatic heterocycles. The average Bonchev–Trinajstić information content (AvgIpc) is 2.71. The number of halogens is 5. The van der Waals surface area contributed by atoms with Crippen molar-refractivity contribution in [3.63, 3.8) is 0 Å². The highest BCUT2D eigenvalue weighted by molar-refractivity contribution is 7.98. The molecule has 2 rings (SSSR count). The Kier molecular flexibility index (Phi) is 26.7. The number of carbonyl (C=O) groups excluding carboxylic acids is 1. The molecule has 12 nitrogen and oxygen atoms in total. The fourth-order valence-corrected chi connectivity index (χ4v) is 3.13. The van der Waals surface area contributed by atoms with Crippen LogP contribution in [0.3, 0.4) is 0 Å². The van der Waals surface area contributed by atoms with Gasteiger partial charge in [0.1, 0.15) is 20.6 Å². The zero-order valence-corrected chi connectivity index (χ0v) is 22.3. The van der Waals surface area contributed by atoms with Crippen LogP contribution in [0.2, 0.25) is 20.6 Å². The standard InChI is InChI=1S/C6H5Cl2N3OS.C6H4Cl2N2OS.C2H4O2.ClH.H3NO.H2O/c1-13-6-10-4(7)3(2-9-12)5(8)11-6;1-12-6-9-4(7)3(2-11)5(8)10-6;1-2(3)4;;1-2;/h2,12H,1H3;2H,1H3;1H3,(H,3,4);1H;2H,1H2;1H2/b9-2+;;;;;. The second-order valence-corrected chi connectivity index (χ2v) is 7.27. The number of hydrogen-bond donors (Lipinski definition) is 4. The van der Waals surface area contributed by atoms with Gasteiger partial charge in [-0.3, -0.25) is 9.59 Å². The summed E-state index contributed by atoms with van der Waals surface area (Å²) in [5.41, 5.74) is 0.444. The fraction of sp³-hybridized carbons (Fsp3) is 0.214. The van der Waals surface area contributed by atoms with Crippen molar-refractivity contribution >= 4 is 101 Å². The summed E-state index contributed by atoms with van der Waals surface area (Å²) in [4.78, 5) is 34.8. The van der Waals surface area contributed by atoms with E-state index in [0.717, 1.165) is 13.1 Å². The third-order valence-electron chi connectivity index (χ3n) is 2.33. The summed E-state index contributed by atoms with van der Waals surface area (Å²) in [7, 11) is 0. The Bertz CT molecular complexity index is 850. The summed E-state index contributed by atoms with van der Waals surface area (Å²) in [6, 6.07) is 0. The first-order chi connectivity index (χ1) is 14.6. The maximum Gasteiger partial charge on any atom is 0.300 e. The Morgan fingerprint density at radius 1 is 0.909 bits per heavy atom. The van der Waals surface area contributed by atoms with Crippen LogP contribution in [-0.2, 0) is 4.79 Å². The molecule has 0 saturated heterocycles. The van der Waals surface area contributed by atoms with E-state index >= 15 is 0 Å². The second kappa shape index (κ2) is 22.6. The lowest BCUT2D eigenvalue weighted by atomic mass is 10.4. The van der Waals surface area contributed by atoms with E-state index < -0.39 is 5.97 Å². The number of nitrogens with two attached hydrogens (primary N) is 1. The molecular weight excluding hydrogens is 590 g/mol. The van der Waals surface area contributed by atoms with Gasteiger partial charge in [0.2, 0.25) is 0 Å². The van der Waals surface area contributed by atoms with Crippen molar-refractivity contribution in [3.8, 4) is 0 Å². The predicted octanol–water partition coefficient (Wildman–Crippen LogP) is 3.65. The SMILES string of the molecule is CC(=O)O.CSc1nc(Cl)c(/C=N/O)c(Cl)n1.CSc1nc(Cl)c(C=O)c(Cl)n1.Cl.NO.O. The Balaban J connectivity index is -0.000000197. The third kappa shape index (κ3) is 16.1.